The molecule has 0 amide bonds. The lowest BCUT2D eigenvalue weighted by molar-refractivity contribution is -0.142. The summed E-state index contributed by atoms with van der Waals surface area (Å²) in [6.45, 7) is 2.30. The van der Waals surface area contributed by atoms with Gasteiger partial charge in [-0.05, 0) is 47.9 Å². The highest BCUT2D eigenvalue weighted by Crippen LogP contribution is 2.23. The Morgan fingerprint density at radius 1 is 0.812 bits per heavy atom. The molecule has 0 heterocycles. The zero-order valence-electron chi connectivity index (χ0n) is 18.2. The molecule has 32 heavy (non-hydrogen) atoms. The molecule has 0 aliphatic rings. The van der Waals surface area contributed by atoms with Crippen molar-refractivity contribution in [2.24, 2.45) is 0 Å². The zero-order valence-corrected chi connectivity index (χ0v) is 18.2. The number of carbonyl (C=O) groups is 2. The van der Waals surface area contributed by atoms with E-state index in [0.29, 0.717) is 18.8 Å². The molecule has 0 saturated carbocycles. The SMILES string of the molecule is CCC(Oc1ccc(-c2ccccc2)cc1)C(=O)Oc1cccc(C(=O)OCCOC)c1. The van der Waals surface area contributed by atoms with Gasteiger partial charge in [0.15, 0.2) is 6.10 Å². The third-order valence-electron chi connectivity index (χ3n) is 4.68. The van der Waals surface area contributed by atoms with E-state index in [-0.39, 0.29) is 17.9 Å². The van der Waals surface area contributed by atoms with Crippen LogP contribution in [-0.2, 0) is 14.3 Å². The molecule has 0 aliphatic heterocycles. The first kappa shape index (κ1) is 23.0. The normalized spacial score (nSPS) is 11.4. The van der Waals surface area contributed by atoms with Crippen molar-refractivity contribution in [3.63, 3.8) is 0 Å². The van der Waals surface area contributed by atoms with Gasteiger partial charge in [-0.1, -0.05) is 55.5 Å². The van der Waals surface area contributed by atoms with E-state index in [1.165, 1.54) is 13.2 Å². The van der Waals surface area contributed by atoms with Crippen molar-refractivity contribution >= 4 is 11.9 Å². The van der Waals surface area contributed by atoms with Gasteiger partial charge >= 0.3 is 11.9 Å². The van der Waals surface area contributed by atoms with E-state index in [2.05, 4.69) is 0 Å². The smallest absolute Gasteiger partial charge is 0.352 e. The Morgan fingerprint density at radius 3 is 2.22 bits per heavy atom. The average molecular weight is 434 g/mol. The third-order valence-corrected chi connectivity index (χ3v) is 4.68. The van der Waals surface area contributed by atoms with Crippen LogP contribution in [0.25, 0.3) is 11.1 Å². The molecule has 6 nitrogen and oxygen atoms in total. The van der Waals surface area contributed by atoms with E-state index in [1.54, 1.807) is 18.2 Å². The standard InChI is InChI=1S/C26H26O6/c1-3-24(31-22-14-12-20(13-15-22)19-8-5-4-6-9-19)26(28)32-23-11-7-10-21(18-23)25(27)30-17-16-29-2/h4-15,18,24H,3,16-17H2,1-2H3. The van der Waals surface area contributed by atoms with E-state index in [1.807, 2.05) is 61.5 Å². The monoisotopic (exact) mass is 434 g/mol. The molecule has 6 heteroatoms. The lowest BCUT2D eigenvalue weighted by atomic mass is 10.1. The summed E-state index contributed by atoms with van der Waals surface area (Å²) in [6.07, 6.45) is -0.354. The molecule has 3 aromatic carbocycles. The quantitative estimate of drug-likeness (QED) is 0.256. The average Bonchev–Trinajstić information content (AvgIpc) is 2.83. The summed E-state index contributed by atoms with van der Waals surface area (Å²) in [6, 6.07) is 23.8. The predicted octanol–water partition coefficient (Wildman–Crippen LogP) is 4.92. The molecule has 1 atom stereocenters. The number of hydrogen-bond acceptors (Lipinski definition) is 6. The summed E-state index contributed by atoms with van der Waals surface area (Å²) in [7, 11) is 1.53. The van der Waals surface area contributed by atoms with Crippen molar-refractivity contribution in [2.75, 3.05) is 20.3 Å². The molecule has 0 spiro atoms. The van der Waals surface area contributed by atoms with Crippen molar-refractivity contribution in [1.29, 1.82) is 0 Å². The largest absolute Gasteiger partial charge is 0.479 e. The second-order valence-electron chi connectivity index (χ2n) is 6.98. The highest BCUT2D eigenvalue weighted by molar-refractivity contribution is 5.90. The summed E-state index contributed by atoms with van der Waals surface area (Å²) in [5.74, 6) is -0.229. The third kappa shape index (κ3) is 6.43. The number of rotatable bonds is 10. The van der Waals surface area contributed by atoms with E-state index in [4.69, 9.17) is 18.9 Å². The second kappa shape index (κ2) is 11.7. The first-order valence-corrected chi connectivity index (χ1v) is 10.4. The number of ether oxygens (including phenoxy) is 4. The fourth-order valence-electron chi connectivity index (χ4n) is 2.99. The van der Waals surface area contributed by atoms with Crippen LogP contribution in [0.2, 0.25) is 0 Å². The van der Waals surface area contributed by atoms with E-state index >= 15 is 0 Å². The van der Waals surface area contributed by atoms with Crippen molar-refractivity contribution in [3.8, 4) is 22.6 Å². The van der Waals surface area contributed by atoms with E-state index < -0.39 is 18.0 Å². The van der Waals surface area contributed by atoms with Gasteiger partial charge in [-0.15, -0.1) is 0 Å². The Labute approximate surface area is 187 Å². The summed E-state index contributed by atoms with van der Waals surface area (Å²) in [4.78, 5) is 24.7. The Balaban J connectivity index is 1.61. The van der Waals surface area contributed by atoms with Crippen LogP contribution < -0.4 is 9.47 Å². The lowest BCUT2D eigenvalue weighted by Gasteiger charge is -2.17. The summed E-state index contributed by atoms with van der Waals surface area (Å²) in [5.41, 5.74) is 2.45. The Bertz CT molecular complexity index is 1010. The molecule has 0 aliphatic carbocycles. The minimum atomic E-state index is -0.783. The Morgan fingerprint density at radius 2 is 1.53 bits per heavy atom. The van der Waals surface area contributed by atoms with Gasteiger partial charge in [-0.2, -0.15) is 0 Å². The van der Waals surface area contributed by atoms with Gasteiger partial charge in [-0.3, -0.25) is 0 Å². The van der Waals surface area contributed by atoms with Gasteiger partial charge in [0.05, 0.1) is 12.2 Å². The molecule has 1 unspecified atom stereocenters. The van der Waals surface area contributed by atoms with Crippen LogP contribution in [0.1, 0.15) is 23.7 Å². The van der Waals surface area contributed by atoms with Crippen LogP contribution in [0, 0.1) is 0 Å². The molecular formula is C26H26O6. The molecule has 0 saturated heterocycles. The minimum Gasteiger partial charge on any atom is -0.479 e. The van der Waals surface area contributed by atoms with Gasteiger partial charge in [0.1, 0.15) is 18.1 Å². The van der Waals surface area contributed by atoms with Crippen molar-refractivity contribution < 1.29 is 28.5 Å². The topological polar surface area (TPSA) is 71.1 Å². The van der Waals surface area contributed by atoms with Crippen molar-refractivity contribution in [1.82, 2.24) is 0 Å². The Kier molecular flexibility index (Phi) is 8.40. The maximum atomic E-state index is 12.6. The van der Waals surface area contributed by atoms with Crippen LogP contribution in [0.15, 0.2) is 78.9 Å². The van der Waals surface area contributed by atoms with Crippen molar-refractivity contribution in [3.05, 3.63) is 84.4 Å². The summed E-state index contributed by atoms with van der Waals surface area (Å²) in [5, 5.41) is 0. The number of benzene rings is 3. The first-order valence-electron chi connectivity index (χ1n) is 10.4. The van der Waals surface area contributed by atoms with Crippen molar-refractivity contribution in [2.45, 2.75) is 19.4 Å². The van der Waals surface area contributed by atoms with Gasteiger partial charge in [0.2, 0.25) is 0 Å². The van der Waals surface area contributed by atoms with Gasteiger partial charge < -0.3 is 18.9 Å². The maximum Gasteiger partial charge on any atom is 0.352 e. The number of hydrogen-bond donors (Lipinski definition) is 0. The number of carbonyl (C=O) groups excluding carboxylic acids is 2. The molecule has 0 N–H and O–H groups in total. The van der Waals surface area contributed by atoms with E-state index in [9.17, 15) is 9.59 Å². The summed E-state index contributed by atoms with van der Waals surface area (Å²) >= 11 is 0. The van der Waals surface area contributed by atoms with Crippen LogP contribution in [0.5, 0.6) is 11.5 Å². The van der Waals surface area contributed by atoms with Gasteiger partial charge in [-0.25, -0.2) is 9.59 Å². The molecular weight excluding hydrogens is 408 g/mol. The summed E-state index contributed by atoms with van der Waals surface area (Å²) < 4.78 is 21.3. The van der Waals surface area contributed by atoms with E-state index in [0.717, 1.165) is 11.1 Å². The fraction of sp³-hybridized carbons (Fsp3) is 0.231. The highest BCUT2D eigenvalue weighted by atomic mass is 16.6. The molecule has 3 rings (SSSR count). The fourth-order valence-corrected chi connectivity index (χ4v) is 2.99. The van der Waals surface area contributed by atoms with Crippen LogP contribution >= 0.6 is 0 Å². The molecule has 166 valence electrons. The molecule has 0 aromatic heterocycles. The zero-order chi connectivity index (χ0) is 22.8. The van der Waals surface area contributed by atoms with Gasteiger partial charge in [0, 0.05) is 7.11 Å². The lowest BCUT2D eigenvalue weighted by Crippen LogP contribution is -2.30. The molecule has 0 fully saturated rings. The van der Waals surface area contributed by atoms with Crippen LogP contribution in [0.3, 0.4) is 0 Å². The van der Waals surface area contributed by atoms with Crippen LogP contribution in [-0.4, -0.2) is 38.4 Å². The first-order chi connectivity index (χ1) is 15.6. The number of methoxy groups -OCH3 is 1. The Hall–Kier alpha value is -3.64. The maximum absolute atomic E-state index is 12.6. The van der Waals surface area contributed by atoms with Crippen LogP contribution in [0.4, 0.5) is 0 Å². The number of esters is 2. The van der Waals surface area contributed by atoms with Gasteiger partial charge in [0.25, 0.3) is 0 Å². The molecule has 0 bridgehead atoms. The second-order valence-corrected chi connectivity index (χ2v) is 6.98. The highest BCUT2D eigenvalue weighted by Gasteiger charge is 2.21. The molecule has 3 aromatic rings. The predicted molar refractivity (Wildman–Crippen MR) is 121 cm³/mol. The molecule has 0 radical (unpaired) electrons. The minimum absolute atomic E-state index is 0.147.